The molecule has 1 spiro atoms. The SMILES string of the molecule is CC1CC1CN1C(=O)C2(CC2)NC1C. The maximum absolute atomic E-state index is 12.0. The van der Waals surface area contributed by atoms with Crippen LogP contribution in [-0.2, 0) is 4.79 Å². The first-order chi connectivity index (χ1) is 6.62. The van der Waals surface area contributed by atoms with Crippen LogP contribution in [0.2, 0.25) is 0 Å². The average molecular weight is 194 g/mol. The lowest BCUT2D eigenvalue weighted by Crippen LogP contribution is -2.36. The number of nitrogens with one attached hydrogen (secondary N) is 1. The van der Waals surface area contributed by atoms with E-state index in [1.54, 1.807) is 0 Å². The predicted molar refractivity (Wildman–Crippen MR) is 53.5 cm³/mol. The van der Waals surface area contributed by atoms with Crippen LogP contribution in [0.15, 0.2) is 0 Å². The molecular weight excluding hydrogens is 176 g/mol. The van der Waals surface area contributed by atoms with Gasteiger partial charge in [0, 0.05) is 6.54 Å². The van der Waals surface area contributed by atoms with E-state index in [9.17, 15) is 4.79 Å². The lowest BCUT2D eigenvalue weighted by Gasteiger charge is -2.20. The fourth-order valence-electron chi connectivity index (χ4n) is 2.62. The lowest BCUT2D eigenvalue weighted by atomic mass is 10.2. The third kappa shape index (κ3) is 1.11. The highest BCUT2D eigenvalue weighted by Crippen LogP contribution is 2.45. The molecule has 0 bridgehead atoms. The van der Waals surface area contributed by atoms with E-state index in [0.717, 1.165) is 31.2 Å². The van der Waals surface area contributed by atoms with Gasteiger partial charge in [0.2, 0.25) is 5.91 Å². The van der Waals surface area contributed by atoms with Crippen LogP contribution >= 0.6 is 0 Å². The predicted octanol–water partition coefficient (Wildman–Crippen LogP) is 0.953. The van der Waals surface area contributed by atoms with E-state index >= 15 is 0 Å². The zero-order chi connectivity index (χ0) is 9.92. The summed E-state index contributed by atoms with van der Waals surface area (Å²) < 4.78 is 0. The summed E-state index contributed by atoms with van der Waals surface area (Å²) in [6.45, 7) is 5.37. The second-order valence-corrected chi connectivity index (χ2v) is 5.33. The van der Waals surface area contributed by atoms with Crippen molar-refractivity contribution in [2.45, 2.75) is 44.8 Å². The molecule has 14 heavy (non-hydrogen) atoms. The quantitative estimate of drug-likeness (QED) is 0.710. The normalized spacial score (nSPS) is 43.4. The van der Waals surface area contributed by atoms with Gasteiger partial charge in [-0.2, -0.15) is 0 Å². The van der Waals surface area contributed by atoms with Crippen LogP contribution in [0.5, 0.6) is 0 Å². The van der Waals surface area contributed by atoms with Gasteiger partial charge in [0.15, 0.2) is 0 Å². The third-order valence-corrected chi connectivity index (χ3v) is 4.08. The molecule has 1 amide bonds. The van der Waals surface area contributed by atoms with Crippen LogP contribution in [0.3, 0.4) is 0 Å². The minimum absolute atomic E-state index is 0.114. The Hall–Kier alpha value is -0.570. The van der Waals surface area contributed by atoms with E-state index < -0.39 is 0 Å². The zero-order valence-corrected chi connectivity index (χ0v) is 8.92. The lowest BCUT2D eigenvalue weighted by molar-refractivity contribution is -0.130. The van der Waals surface area contributed by atoms with Gasteiger partial charge in [0.25, 0.3) is 0 Å². The Morgan fingerprint density at radius 2 is 2.14 bits per heavy atom. The van der Waals surface area contributed by atoms with Crippen molar-refractivity contribution in [2.24, 2.45) is 11.8 Å². The fraction of sp³-hybridized carbons (Fsp3) is 0.909. The highest BCUT2D eigenvalue weighted by atomic mass is 16.2. The first-order valence-electron chi connectivity index (χ1n) is 5.71. The molecule has 3 fully saturated rings. The van der Waals surface area contributed by atoms with Crippen LogP contribution in [0.25, 0.3) is 0 Å². The summed E-state index contributed by atoms with van der Waals surface area (Å²) in [7, 11) is 0. The molecule has 0 aromatic rings. The van der Waals surface area contributed by atoms with Gasteiger partial charge in [-0.25, -0.2) is 0 Å². The number of carbonyl (C=O) groups excluding carboxylic acids is 1. The van der Waals surface area contributed by atoms with E-state index in [4.69, 9.17) is 0 Å². The summed E-state index contributed by atoms with van der Waals surface area (Å²) in [6.07, 6.45) is 3.67. The Bertz CT molecular complexity index is 285. The van der Waals surface area contributed by atoms with Crippen LogP contribution in [0.1, 0.15) is 33.1 Å². The Morgan fingerprint density at radius 3 is 2.57 bits per heavy atom. The molecule has 2 aliphatic carbocycles. The highest BCUT2D eigenvalue weighted by Gasteiger charge is 2.58. The molecule has 1 saturated heterocycles. The Kier molecular flexibility index (Phi) is 1.56. The Balaban J connectivity index is 1.70. The molecule has 3 nitrogen and oxygen atoms in total. The van der Waals surface area contributed by atoms with Gasteiger partial charge in [-0.15, -0.1) is 0 Å². The smallest absolute Gasteiger partial charge is 0.244 e. The standard InChI is InChI=1S/C11H18N2O/c1-7-5-9(7)6-13-8(2)12-11(3-4-11)10(13)14/h7-9,12H,3-6H2,1-2H3. The summed E-state index contributed by atoms with van der Waals surface area (Å²) in [5.41, 5.74) is -0.114. The van der Waals surface area contributed by atoms with Crippen molar-refractivity contribution in [1.29, 1.82) is 0 Å². The molecule has 3 aliphatic rings. The number of carbonyl (C=O) groups is 1. The number of hydrogen-bond acceptors (Lipinski definition) is 2. The maximum atomic E-state index is 12.0. The van der Waals surface area contributed by atoms with E-state index in [2.05, 4.69) is 24.1 Å². The summed E-state index contributed by atoms with van der Waals surface area (Å²) in [6, 6.07) is 0. The van der Waals surface area contributed by atoms with Crippen molar-refractivity contribution >= 4 is 5.91 Å². The van der Waals surface area contributed by atoms with Crippen molar-refractivity contribution < 1.29 is 4.79 Å². The number of amides is 1. The molecule has 0 aromatic carbocycles. The first-order valence-corrected chi connectivity index (χ1v) is 5.71. The van der Waals surface area contributed by atoms with Crippen LogP contribution in [-0.4, -0.2) is 29.1 Å². The van der Waals surface area contributed by atoms with Gasteiger partial charge >= 0.3 is 0 Å². The summed E-state index contributed by atoms with van der Waals surface area (Å²) in [4.78, 5) is 14.1. The number of nitrogens with zero attached hydrogens (tertiary/aromatic N) is 1. The first kappa shape index (κ1) is 8.72. The van der Waals surface area contributed by atoms with Crippen LogP contribution in [0, 0.1) is 11.8 Å². The molecule has 3 rings (SSSR count). The molecule has 3 heteroatoms. The van der Waals surface area contributed by atoms with Gasteiger partial charge < -0.3 is 4.90 Å². The van der Waals surface area contributed by atoms with Crippen LogP contribution in [0.4, 0.5) is 0 Å². The molecule has 2 saturated carbocycles. The second kappa shape index (κ2) is 2.51. The van der Waals surface area contributed by atoms with Crippen molar-refractivity contribution in [1.82, 2.24) is 10.2 Å². The summed E-state index contributed by atoms with van der Waals surface area (Å²) >= 11 is 0. The fourth-order valence-corrected chi connectivity index (χ4v) is 2.62. The van der Waals surface area contributed by atoms with Gasteiger partial charge in [-0.3, -0.25) is 10.1 Å². The zero-order valence-electron chi connectivity index (χ0n) is 8.92. The van der Waals surface area contributed by atoms with E-state index in [1.807, 2.05) is 0 Å². The summed E-state index contributed by atoms with van der Waals surface area (Å²) in [5, 5.41) is 3.43. The Morgan fingerprint density at radius 1 is 1.50 bits per heavy atom. The second-order valence-electron chi connectivity index (χ2n) is 5.33. The molecule has 0 radical (unpaired) electrons. The molecular formula is C11H18N2O. The van der Waals surface area contributed by atoms with Crippen molar-refractivity contribution in [3.05, 3.63) is 0 Å². The molecule has 78 valence electrons. The number of rotatable bonds is 2. The molecule has 3 unspecified atom stereocenters. The molecule has 0 aromatic heterocycles. The molecule has 1 aliphatic heterocycles. The average Bonchev–Trinajstić information content (AvgIpc) is 2.99. The van der Waals surface area contributed by atoms with Gasteiger partial charge in [0.1, 0.15) is 0 Å². The molecule has 1 N–H and O–H groups in total. The highest BCUT2D eigenvalue weighted by molar-refractivity contribution is 5.91. The topological polar surface area (TPSA) is 32.3 Å². The van der Waals surface area contributed by atoms with E-state index in [0.29, 0.717) is 5.91 Å². The van der Waals surface area contributed by atoms with Gasteiger partial charge in [-0.1, -0.05) is 6.92 Å². The minimum atomic E-state index is -0.114. The van der Waals surface area contributed by atoms with Crippen LogP contribution < -0.4 is 5.32 Å². The molecule has 1 heterocycles. The third-order valence-electron chi connectivity index (χ3n) is 4.08. The van der Waals surface area contributed by atoms with Crippen molar-refractivity contribution in [3.63, 3.8) is 0 Å². The largest absolute Gasteiger partial charge is 0.326 e. The monoisotopic (exact) mass is 194 g/mol. The van der Waals surface area contributed by atoms with Crippen molar-refractivity contribution in [3.8, 4) is 0 Å². The minimum Gasteiger partial charge on any atom is -0.326 e. The number of hydrogen-bond donors (Lipinski definition) is 1. The van der Waals surface area contributed by atoms with E-state index in [-0.39, 0.29) is 11.7 Å². The molecule has 3 atom stereocenters. The summed E-state index contributed by atoms with van der Waals surface area (Å²) in [5.74, 6) is 1.98. The van der Waals surface area contributed by atoms with Crippen molar-refractivity contribution in [2.75, 3.05) is 6.54 Å². The maximum Gasteiger partial charge on any atom is 0.244 e. The Labute approximate surface area is 84.8 Å². The van der Waals surface area contributed by atoms with Gasteiger partial charge in [-0.05, 0) is 38.0 Å². The van der Waals surface area contributed by atoms with E-state index in [1.165, 1.54) is 6.42 Å². The van der Waals surface area contributed by atoms with Gasteiger partial charge in [0.05, 0.1) is 11.7 Å².